The Morgan fingerprint density at radius 1 is 1.08 bits per heavy atom. The Balaban J connectivity index is 1.37. The van der Waals surface area contributed by atoms with Gasteiger partial charge < -0.3 is 10.2 Å². The largest absolute Gasteiger partial charge is 0.344 e. The zero-order valence-corrected chi connectivity index (χ0v) is 20.5. The Morgan fingerprint density at radius 3 is 2.64 bits per heavy atom. The highest BCUT2D eigenvalue weighted by Gasteiger charge is 2.25. The number of para-hydroxylation sites is 1. The number of carbonyl (C=O) groups is 2. The fraction of sp³-hybridized carbons (Fsp3) is 0.167. The van der Waals surface area contributed by atoms with Crippen LogP contribution in [0.5, 0.6) is 0 Å². The first-order valence-electron chi connectivity index (χ1n) is 11.0. The first-order chi connectivity index (χ1) is 17.5. The van der Waals surface area contributed by atoms with E-state index < -0.39 is 4.92 Å². The first kappa shape index (κ1) is 23.7. The van der Waals surface area contributed by atoms with Gasteiger partial charge in [-0.1, -0.05) is 36.0 Å². The molecule has 0 radical (unpaired) electrons. The number of nitrogens with zero attached hydrogens (tertiary/aromatic N) is 5. The summed E-state index contributed by atoms with van der Waals surface area (Å²) in [4.78, 5) is 38.4. The summed E-state index contributed by atoms with van der Waals surface area (Å²) in [6, 6.07) is 17.3. The average molecular weight is 521 g/mol. The maximum absolute atomic E-state index is 13.0. The lowest BCUT2D eigenvalue weighted by Gasteiger charge is -2.17. The Labute approximate surface area is 214 Å². The molecule has 5 rings (SSSR count). The van der Waals surface area contributed by atoms with Crippen molar-refractivity contribution in [3.8, 4) is 5.69 Å². The number of carbonyl (C=O) groups excluding carboxylic acids is 2. The summed E-state index contributed by atoms with van der Waals surface area (Å²) in [6.45, 7) is 0.725. The van der Waals surface area contributed by atoms with Crippen molar-refractivity contribution in [1.82, 2.24) is 20.1 Å². The highest BCUT2D eigenvalue weighted by molar-refractivity contribution is 7.99. The molecule has 10 nitrogen and oxygen atoms in total. The molecule has 1 aliphatic rings. The molecule has 2 amide bonds. The van der Waals surface area contributed by atoms with Crippen LogP contribution < -0.4 is 10.2 Å². The quantitative estimate of drug-likeness (QED) is 0.213. The molecule has 2 aromatic carbocycles. The number of aromatic nitrogens is 3. The van der Waals surface area contributed by atoms with Gasteiger partial charge in [-0.25, -0.2) is 0 Å². The third-order valence-corrected chi connectivity index (χ3v) is 7.47. The van der Waals surface area contributed by atoms with Crippen LogP contribution in [0.3, 0.4) is 0 Å². The van der Waals surface area contributed by atoms with E-state index in [0.29, 0.717) is 28.1 Å². The lowest BCUT2D eigenvalue weighted by Crippen LogP contribution is -2.30. The number of rotatable bonds is 8. The second-order valence-corrected chi connectivity index (χ2v) is 9.77. The Hall–Kier alpha value is -4.03. The summed E-state index contributed by atoms with van der Waals surface area (Å²) < 4.78 is 1.70. The Kier molecular flexibility index (Phi) is 6.78. The van der Waals surface area contributed by atoms with Crippen LogP contribution in [0.2, 0.25) is 0 Å². The van der Waals surface area contributed by atoms with E-state index in [1.807, 2.05) is 29.6 Å². The van der Waals surface area contributed by atoms with E-state index in [-0.39, 0.29) is 29.8 Å². The van der Waals surface area contributed by atoms with Crippen molar-refractivity contribution in [2.24, 2.45) is 0 Å². The van der Waals surface area contributed by atoms with E-state index in [9.17, 15) is 19.7 Å². The number of nitro groups is 1. The van der Waals surface area contributed by atoms with E-state index in [4.69, 9.17) is 0 Å². The Morgan fingerprint density at radius 2 is 1.89 bits per heavy atom. The summed E-state index contributed by atoms with van der Waals surface area (Å²) in [7, 11) is 0. The van der Waals surface area contributed by atoms with Crippen LogP contribution in [0.25, 0.3) is 5.69 Å². The van der Waals surface area contributed by atoms with Gasteiger partial charge in [-0.3, -0.25) is 24.3 Å². The second-order valence-electron chi connectivity index (χ2n) is 7.88. The van der Waals surface area contributed by atoms with Gasteiger partial charge in [-0.15, -0.1) is 21.5 Å². The fourth-order valence-electron chi connectivity index (χ4n) is 3.95. The lowest BCUT2D eigenvalue weighted by molar-refractivity contribution is -0.384. The zero-order chi connectivity index (χ0) is 25.1. The number of nitrogens with one attached hydrogen (secondary N) is 1. The van der Waals surface area contributed by atoms with Crippen LogP contribution in [-0.2, 0) is 17.8 Å². The van der Waals surface area contributed by atoms with Gasteiger partial charge in [0.2, 0.25) is 5.91 Å². The minimum absolute atomic E-state index is 0.0450. The van der Waals surface area contributed by atoms with E-state index >= 15 is 0 Å². The Bertz CT molecular complexity index is 1420. The first-order valence-corrected chi connectivity index (χ1v) is 12.9. The number of thiophene rings is 1. The van der Waals surface area contributed by atoms with Crippen LogP contribution in [0.4, 0.5) is 11.4 Å². The number of fused-ring (bicyclic) bond motifs is 1. The maximum atomic E-state index is 13.0. The standard InChI is InChI=1S/C24H20N6O4S2/c31-22(28-12-11-16-4-1-2-5-19(16)28)15-36-24-27-26-21(14-25-23(32)20-6-3-13-35-20)29(24)17-7-9-18(10-8-17)30(33)34/h1-10,13H,11-12,14-15H2,(H,25,32). The van der Waals surface area contributed by atoms with Crippen molar-refractivity contribution >= 4 is 46.3 Å². The molecule has 12 heteroatoms. The van der Waals surface area contributed by atoms with E-state index in [2.05, 4.69) is 15.5 Å². The molecule has 1 aliphatic heterocycles. The molecule has 0 atom stereocenters. The molecule has 3 heterocycles. The molecule has 0 bridgehead atoms. The van der Waals surface area contributed by atoms with Crippen LogP contribution in [0.15, 0.2) is 71.2 Å². The number of thioether (sulfide) groups is 1. The van der Waals surface area contributed by atoms with Crippen molar-refractivity contribution in [2.45, 2.75) is 18.1 Å². The van der Waals surface area contributed by atoms with Gasteiger partial charge in [0, 0.05) is 30.1 Å². The highest BCUT2D eigenvalue weighted by atomic mass is 32.2. The predicted molar refractivity (Wildman–Crippen MR) is 137 cm³/mol. The van der Waals surface area contributed by atoms with Gasteiger partial charge >= 0.3 is 0 Å². The third-order valence-electron chi connectivity index (χ3n) is 5.68. The number of amides is 2. The molecule has 4 aromatic rings. The van der Waals surface area contributed by atoms with Gasteiger partial charge in [0.25, 0.3) is 11.6 Å². The molecule has 0 fully saturated rings. The molecule has 0 saturated heterocycles. The highest BCUT2D eigenvalue weighted by Crippen LogP contribution is 2.29. The normalized spacial score (nSPS) is 12.4. The minimum Gasteiger partial charge on any atom is -0.344 e. The molecular weight excluding hydrogens is 500 g/mol. The molecule has 1 N–H and O–H groups in total. The summed E-state index contributed by atoms with van der Waals surface area (Å²) in [5.74, 6) is 0.298. The second kappa shape index (κ2) is 10.3. The van der Waals surface area contributed by atoms with Gasteiger partial charge in [0.05, 0.1) is 22.1 Å². The van der Waals surface area contributed by atoms with Crippen LogP contribution in [-0.4, -0.2) is 43.8 Å². The van der Waals surface area contributed by atoms with E-state index in [1.165, 1.54) is 35.2 Å². The van der Waals surface area contributed by atoms with Crippen LogP contribution >= 0.6 is 23.1 Å². The number of hydrogen-bond donors (Lipinski definition) is 1. The van der Waals surface area contributed by atoms with Gasteiger partial charge in [-0.2, -0.15) is 0 Å². The lowest BCUT2D eigenvalue weighted by atomic mass is 10.2. The van der Waals surface area contributed by atoms with Gasteiger partial charge in [-0.05, 0) is 41.6 Å². The predicted octanol–water partition coefficient (Wildman–Crippen LogP) is 3.85. The van der Waals surface area contributed by atoms with Gasteiger partial charge in [0.15, 0.2) is 11.0 Å². The maximum Gasteiger partial charge on any atom is 0.269 e. The molecule has 0 spiro atoms. The summed E-state index contributed by atoms with van der Waals surface area (Å²) >= 11 is 2.56. The van der Waals surface area contributed by atoms with Crippen molar-refractivity contribution in [3.05, 3.63) is 92.4 Å². The number of non-ortho nitro benzene ring substituents is 1. The molecule has 0 aliphatic carbocycles. The molecule has 2 aromatic heterocycles. The van der Waals surface area contributed by atoms with Crippen molar-refractivity contribution < 1.29 is 14.5 Å². The molecular formula is C24H20N6O4S2. The van der Waals surface area contributed by atoms with Crippen LogP contribution in [0.1, 0.15) is 21.1 Å². The smallest absolute Gasteiger partial charge is 0.269 e. The fourth-order valence-corrected chi connectivity index (χ4v) is 5.43. The number of anilines is 1. The molecule has 0 saturated carbocycles. The van der Waals surface area contributed by atoms with Crippen molar-refractivity contribution in [3.63, 3.8) is 0 Å². The number of nitro benzene ring substituents is 1. The minimum atomic E-state index is -0.472. The van der Waals surface area contributed by atoms with Crippen molar-refractivity contribution in [2.75, 3.05) is 17.2 Å². The van der Waals surface area contributed by atoms with E-state index in [0.717, 1.165) is 17.7 Å². The average Bonchev–Trinajstić information content (AvgIpc) is 3.66. The van der Waals surface area contributed by atoms with E-state index in [1.54, 1.807) is 33.7 Å². The zero-order valence-electron chi connectivity index (χ0n) is 18.9. The molecule has 182 valence electrons. The third kappa shape index (κ3) is 4.86. The number of benzene rings is 2. The summed E-state index contributed by atoms with van der Waals surface area (Å²) in [6.07, 6.45) is 0.819. The molecule has 0 unspecified atom stereocenters. The van der Waals surface area contributed by atoms with Crippen molar-refractivity contribution in [1.29, 1.82) is 0 Å². The topological polar surface area (TPSA) is 123 Å². The SMILES string of the molecule is O=C(NCc1nnc(SCC(=O)N2CCc3ccccc32)n1-c1ccc([N+](=O)[O-])cc1)c1cccs1. The number of hydrogen-bond acceptors (Lipinski definition) is 8. The van der Waals surface area contributed by atoms with Gasteiger partial charge in [0.1, 0.15) is 0 Å². The van der Waals surface area contributed by atoms with Crippen LogP contribution in [0, 0.1) is 10.1 Å². The summed E-state index contributed by atoms with van der Waals surface area (Å²) in [5, 5.41) is 24.7. The molecule has 36 heavy (non-hydrogen) atoms. The monoisotopic (exact) mass is 520 g/mol. The summed E-state index contributed by atoms with van der Waals surface area (Å²) in [5.41, 5.74) is 2.62.